The molecule has 0 bridgehead atoms. The van der Waals surface area contributed by atoms with E-state index in [2.05, 4.69) is 26.2 Å². The number of methoxy groups -OCH3 is 1. The van der Waals surface area contributed by atoms with Crippen LogP contribution in [-0.4, -0.2) is 74.8 Å². The number of nitrogens with zero attached hydrogens (tertiary/aromatic N) is 5. The number of anilines is 3. The number of rotatable bonds is 11. The van der Waals surface area contributed by atoms with Crippen LogP contribution >= 0.6 is 11.6 Å². The molecule has 0 radical (unpaired) electrons. The van der Waals surface area contributed by atoms with Crippen LogP contribution in [0.25, 0.3) is 0 Å². The van der Waals surface area contributed by atoms with Crippen molar-refractivity contribution in [3.8, 4) is 18.1 Å². The van der Waals surface area contributed by atoms with Crippen LogP contribution in [0.15, 0.2) is 59.8 Å². The Labute approximate surface area is 227 Å². The molecule has 0 fully saturated rings. The lowest BCUT2D eigenvalue weighted by molar-refractivity contribution is -0.106. The maximum Gasteiger partial charge on any atom is 0.259 e. The molecule has 0 saturated carbocycles. The zero-order valence-corrected chi connectivity index (χ0v) is 22.4. The summed E-state index contributed by atoms with van der Waals surface area (Å²) >= 11 is 5.90. The van der Waals surface area contributed by atoms with E-state index in [1.807, 2.05) is 38.3 Å². The molecule has 38 heavy (non-hydrogen) atoms. The van der Waals surface area contributed by atoms with Gasteiger partial charge in [0.2, 0.25) is 6.41 Å². The van der Waals surface area contributed by atoms with Gasteiger partial charge in [0.05, 0.1) is 23.9 Å². The zero-order chi connectivity index (χ0) is 27.7. The number of hydrogen-bond donors (Lipinski definition) is 1. The van der Waals surface area contributed by atoms with E-state index in [0.717, 1.165) is 18.7 Å². The molecule has 1 aromatic heterocycles. The first-order chi connectivity index (χ1) is 18.2. The van der Waals surface area contributed by atoms with Gasteiger partial charge in [0.1, 0.15) is 17.3 Å². The van der Waals surface area contributed by atoms with Crippen molar-refractivity contribution in [3.05, 3.63) is 76.4 Å². The summed E-state index contributed by atoms with van der Waals surface area (Å²) in [6, 6.07) is 13.4. The van der Waals surface area contributed by atoms with Crippen molar-refractivity contribution >= 4 is 47.3 Å². The molecule has 1 heterocycles. The van der Waals surface area contributed by atoms with Gasteiger partial charge in [0.25, 0.3) is 5.91 Å². The first kappa shape index (κ1) is 28.2. The molecule has 10 heteroatoms. The number of carbonyl (C=O) groups excluding carboxylic acids is 2. The van der Waals surface area contributed by atoms with Gasteiger partial charge in [-0.1, -0.05) is 29.7 Å². The van der Waals surface area contributed by atoms with Crippen LogP contribution in [0.1, 0.15) is 21.5 Å². The molecule has 0 spiro atoms. The molecule has 3 aromatic rings. The number of benzene rings is 2. The van der Waals surface area contributed by atoms with Gasteiger partial charge in [-0.15, -0.1) is 6.42 Å². The van der Waals surface area contributed by atoms with Crippen LogP contribution in [0.3, 0.4) is 0 Å². The molecule has 2 aromatic carbocycles. The number of terminal acetylenes is 1. The highest BCUT2D eigenvalue weighted by molar-refractivity contribution is 6.30. The smallest absolute Gasteiger partial charge is 0.259 e. The number of carbonyl (C=O) groups is 2. The van der Waals surface area contributed by atoms with Crippen molar-refractivity contribution in [3.63, 3.8) is 0 Å². The standard InChI is InChI=1S/C28H29ClN6O3/c1-6-20-15-24(28(37)32-26-12-9-22(29)18-30-26)27(25(16-20)38-5)35(19-36)23-10-7-21(8-11-23)17-31-34(4)14-13-33(2)3/h1,7-12,15-19H,13-14H2,2-5H3,(H,30,32,37). The van der Waals surface area contributed by atoms with Crippen LogP contribution in [0, 0.1) is 12.3 Å². The summed E-state index contributed by atoms with van der Waals surface area (Å²) in [6.45, 7) is 1.66. The lowest BCUT2D eigenvalue weighted by atomic mass is 10.0. The third kappa shape index (κ3) is 7.32. The second kappa shape index (κ2) is 13.2. The third-order valence-electron chi connectivity index (χ3n) is 5.47. The van der Waals surface area contributed by atoms with Crippen molar-refractivity contribution in [1.29, 1.82) is 0 Å². The van der Waals surface area contributed by atoms with Crippen molar-refractivity contribution in [2.24, 2.45) is 5.10 Å². The number of ether oxygens (including phenoxy) is 1. The highest BCUT2D eigenvalue weighted by atomic mass is 35.5. The summed E-state index contributed by atoms with van der Waals surface area (Å²) < 4.78 is 5.54. The Balaban J connectivity index is 1.95. The fourth-order valence-corrected chi connectivity index (χ4v) is 3.54. The number of hydrazone groups is 1. The minimum atomic E-state index is -0.526. The molecule has 0 aliphatic carbocycles. The summed E-state index contributed by atoms with van der Waals surface area (Å²) in [5.41, 5.74) is 2.14. The minimum absolute atomic E-state index is 0.134. The summed E-state index contributed by atoms with van der Waals surface area (Å²) in [5.74, 6) is 2.53. The van der Waals surface area contributed by atoms with E-state index in [-0.39, 0.29) is 22.8 Å². The normalized spacial score (nSPS) is 10.8. The van der Waals surface area contributed by atoms with Gasteiger partial charge >= 0.3 is 0 Å². The van der Waals surface area contributed by atoms with Crippen LogP contribution in [-0.2, 0) is 4.79 Å². The summed E-state index contributed by atoms with van der Waals surface area (Å²) in [6.07, 6.45) is 9.39. The molecule has 2 amide bonds. The molecule has 0 atom stereocenters. The number of aromatic nitrogens is 1. The lowest BCUT2D eigenvalue weighted by Crippen LogP contribution is -2.25. The van der Waals surface area contributed by atoms with Crippen LogP contribution in [0.4, 0.5) is 17.2 Å². The van der Waals surface area contributed by atoms with E-state index < -0.39 is 5.91 Å². The Morgan fingerprint density at radius 1 is 1.16 bits per heavy atom. The number of likely N-dealkylation sites (N-methyl/N-ethyl adjacent to an activating group) is 2. The Hall–Kier alpha value is -4.39. The van der Waals surface area contributed by atoms with Gasteiger partial charge in [0.15, 0.2) is 0 Å². The first-order valence-electron chi connectivity index (χ1n) is 11.6. The topological polar surface area (TPSA) is 90.4 Å². The second-order valence-corrected chi connectivity index (χ2v) is 8.97. The molecule has 9 nitrogen and oxygen atoms in total. The number of nitrogens with one attached hydrogen (secondary N) is 1. The van der Waals surface area contributed by atoms with Crippen LogP contribution in [0.5, 0.6) is 5.75 Å². The Kier molecular flexibility index (Phi) is 9.82. The van der Waals surface area contributed by atoms with E-state index in [1.54, 1.807) is 36.5 Å². The molecule has 0 unspecified atom stereocenters. The van der Waals surface area contributed by atoms with Crippen molar-refractivity contribution in [2.45, 2.75) is 0 Å². The monoisotopic (exact) mass is 532 g/mol. The van der Waals surface area contributed by atoms with E-state index in [0.29, 0.717) is 22.7 Å². The molecule has 196 valence electrons. The minimum Gasteiger partial charge on any atom is -0.494 e. The third-order valence-corrected chi connectivity index (χ3v) is 5.69. The zero-order valence-electron chi connectivity index (χ0n) is 21.7. The fraction of sp³-hybridized carbons (Fsp3) is 0.214. The van der Waals surface area contributed by atoms with Gasteiger partial charge in [-0.25, -0.2) is 4.98 Å². The summed E-state index contributed by atoms with van der Waals surface area (Å²) in [7, 11) is 7.36. The predicted molar refractivity (Wildman–Crippen MR) is 152 cm³/mol. The first-order valence-corrected chi connectivity index (χ1v) is 12.0. The maximum atomic E-state index is 13.3. The summed E-state index contributed by atoms with van der Waals surface area (Å²) in [4.78, 5) is 33.2. The lowest BCUT2D eigenvalue weighted by Gasteiger charge is -2.23. The average molecular weight is 533 g/mol. The molecule has 1 N–H and O–H groups in total. The highest BCUT2D eigenvalue weighted by Crippen LogP contribution is 2.37. The van der Waals surface area contributed by atoms with E-state index in [9.17, 15) is 9.59 Å². The fourth-order valence-electron chi connectivity index (χ4n) is 3.43. The highest BCUT2D eigenvalue weighted by Gasteiger charge is 2.24. The largest absolute Gasteiger partial charge is 0.494 e. The number of hydrogen-bond acceptors (Lipinski definition) is 7. The van der Waals surface area contributed by atoms with E-state index in [4.69, 9.17) is 22.8 Å². The van der Waals surface area contributed by atoms with Gasteiger partial charge in [-0.05, 0) is 56.1 Å². The molecule has 0 aliphatic rings. The maximum absolute atomic E-state index is 13.3. The molecule has 0 aliphatic heterocycles. The Bertz CT molecular complexity index is 1330. The molecular weight excluding hydrogens is 504 g/mol. The SMILES string of the molecule is C#Cc1cc(OC)c(N(C=O)c2ccc(C=NN(C)CCN(C)C)cc2)c(C(=O)Nc2ccc(Cl)cn2)c1. The predicted octanol–water partition coefficient (Wildman–Crippen LogP) is 4.10. The van der Waals surface area contributed by atoms with Gasteiger partial charge in [-0.3, -0.25) is 19.5 Å². The van der Waals surface area contributed by atoms with Crippen molar-refractivity contribution in [1.82, 2.24) is 14.9 Å². The summed E-state index contributed by atoms with van der Waals surface area (Å²) in [5, 5.41) is 9.44. The quantitative estimate of drug-likeness (QED) is 0.173. The van der Waals surface area contributed by atoms with Gasteiger partial charge in [-0.2, -0.15) is 5.10 Å². The van der Waals surface area contributed by atoms with Crippen molar-refractivity contribution in [2.75, 3.05) is 51.6 Å². The van der Waals surface area contributed by atoms with Gasteiger partial charge < -0.3 is 15.0 Å². The van der Waals surface area contributed by atoms with E-state index in [1.165, 1.54) is 24.3 Å². The van der Waals surface area contributed by atoms with Crippen LogP contribution < -0.4 is 15.0 Å². The Morgan fingerprint density at radius 2 is 1.89 bits per heavy atom. The van der Waals surface area contributed by atoms with Crippen LogP contribution in [0.2, 0.25) is 5.02 Å². The molecule has 3 rings (SSSR count). The molecule has 0 saturated heterocycles. The molecular formula is C28H29ClN6O3. The number of halogens is 1. The van der Waals surface area contributed by atoms with Crippen molar-refractivity contribution < 1.29 is 14.3 Å². The number of pyridine rings is 1. The van der Waals surface area contributed by atoms with Gasteiger partial charge in [0, 0.05) is 37.6 Å². The second-order valence-electron chi connectivity index (χ2n) is 8.53. The Morgan fingerprint density at radius 3 is 2.47 bits per heavy atom. The average Bonchev–Trinajstić information content (AvgIpc) is 2.92. The van der Waals surface area contributed by atoms with E-state index >= 15 is 0 Å². The number of amides is 2.